The van der Waals surface area contributed by atoms with Crippen molar-refractivity contribution in [2.75, 3.05) is 32.8 Å². The fraction of sp³-hybridized carbons (Fsp3) is 0.611. The zero-order chi connectivity index (χ0) is 18.9. The molecule has 2 atom stereocenters. The van der Waals surface area contributed by atoms with E-state index in [4.69, 9.17) is 0 Å². The summed E-state index contributed by atoms with van der Waals surface area (Å²) in [7, 11) is 0. The van der Waals surface area contributed by atoms with Crippen molar-refractivity contribution in [3.05, 3.63) is 29.8 Å². The predicted molar refractivity (Wildman–Crippen MR) is 88.3 cm³/mol. The topological polar surface area (TPSA) is 53.0 Å². The molecule has 0 saturated carbocycles. The van der Waals surface area contributed by atoms with E-state index in [2.05, 4.69) is 9.64 Å². The Bertz CT molecular complexity index is 650. The second kappa shape index (κ2) is 7.08. The Morgan fingerprint density at radius 1 is 1.31 bits per heavy atom. The number of likely N-dealkylation sites (tertiary alicyclic amines) is 2. The van der Waals surface area contributed by atoms with Gasteiger partial charge >= 0.3 is 6.36 Å². The molecule has 0 bridgehead atoms. The van der Waals surface area contributed by atoms with Crippen molar-refractivity contribution in [3.63, 3.8) is 0 Å². The summed E-state index contributed by atoms with van der Waals surface area (Å²) in [5.41, 5.74) is 0.681. The number of aliphatic hydroxyl groups excluding tert-OH is 1. The second-order valence-corrected chi connectivity index (χ2v) is 7.29. The molecule has 2 heterocycles. The number of rotatable bonds is 4. The van der Waals surface area contributed by atoms with Crippen LogP contribution < -0.4 is 4.74 Å². The maximum Gasteiger partial charge on any atom is 0.573 e. The largest absolute Gasteiger partial charge is 0.573 e. The minimum absolute atomic E-state index is 0.0512. The lowest BCUT2D eigenvalue weighted by Crippen LogP contribution is -2.50. The van der Waals surface area contributed by atoms with Crippen LogP contribution in [0.5, 0.6) is 5.75 Å². The standard InChI is InChI=1S/C18H23F3N2O3/c1-13(25)23-7-6-17(12-24)11-22(9-15(17)10-23)8-14-2-4-16(5-3-14)26-18(19,20)21/h2-5,15,24H,6-12H2,1H3. The Balaban J connectivity index is 1.64. The van der Waals surface area contributed by atoms with E-state index in [1.165, 1.54) is 12.1 Å². The third-order valence-corrected chi connectivity index (χ3v) is 5.53. The van der Waals surface area contributed by atoms with Gasteiger partial charge in [0, 0.05) is 45.1 Å². The van der Waals surface area contributed by atoms with Gasteiger partial charge in [-0.1, -0.05) is 12.1 Å². The first-order chi connectivity index (χ1) is 12.2. The van der Waals surface area contributed by atoms with E-state index in [1.807, 2.05) is 4.90 Å². The van der Waals surface area contributed by atoms with Crippen LogP contribution in [0.3, 0.4) is 0 Å². The van der Waals surface area contributed by atoms with Gasteiger partial charge in [-0.3, -0.25) is 9.69 Å². The van der Waals surface area contributed by atoms with Gasteiger partial charge in [0.2, 0.25) is 5.91 Å². The van der Waals surface area contributed by atoms with Crippen molar-refractivity contribution < 1.29 is 27.8 Å². The van der Waals surface area contributed by atoms with E-state index < -0.39 is 6.36 Å². The normalized spacial score (nSPS) is 26.7. The number of hydrogen-bond donors (Lipinski definition) is 1. The van der Waals surface area contributed by atoms with Crippen molar-refractivity contribution in [3.8, 4) is 5.75 Å². The molecule has 3 rings (SSSR count). The van der Waals surface area contributed by atoms with Crippen LogP contribution in [0.25, 0.3) is 0 Å². The first-order valence-electron chi connectivity index (χ1n) is 8.64. The van der Waals surface area contributed by atoms with Crippen LogP contribution in [0.15, 0.2) is 24.3 Å². The third kappa shape index (κ3) is 4.12. The highest BCUT2D eigenvalue weighted by atomic mass is 19.4. The summed E-state index contributed by atoms with van der Waals surface area (Å²) in [4.78, 5) is 15.7. The van der Waals surface area contributed by atoms with Crippen molar-refractivity contribution in [2.24, 2.45) is 11.3 Å². The van der Waals surface area contributed by atoms with Gasteiger partial charge in [0.25, 0.3) is 0 Å². The Hall–Kier alpha value is -1.80. The van der Waals surface area contributed by atoms with Crippen LogP contribution >= 0.6 is 0 Å². The van der Waals surface area contributed by atoms with Gasteiger partial charge < -0.3 is 14.7 Å². The number of piperidine rings is 1. The van der Waals surface area contributed by atoms with Crippen molar-refractivity contribution >= 4 is 5.91 Å². The van der Waals surface area contributed by atoms with Crippen LogP contribution in [-0.2, 0) is 11.3 Å². The number of aliphatic hydroxyl groups is 1. The van der Waals surface area contributed by atoms with Crippen LogP contribution in [0.1, 0.15) is 18.9 Å². The number of carbonyl (C=O) groups is 1. The number of benzene rings is 1. The monoisotopic (exact) mass is 372 g/mol. The third-order valence-electron chi connectivity index (χ3n) is 5.53. The van der Waals surface area contributed by atoms with E-state index in [0.717, 1.165) is 25.1 Å². The quantitative estimate of drug-likeness (QED) is 0.881. The van der Waals surface area contributed by atoms with Gasteiger partial charge in [-0.2, -0.15) is 0 Å². The Morgan fingerprint density at radius 2 is 2.00 bits per heavy atom. The van der Waals surface area contributed by atoms with Crippen LogP contribution in [0.2, 0.25) is 0 Å². The molecule has 2 unspecified atom stereocenters. The number of ether oxygens (including phenoxy) is 1. The van der Waals surface area contributed by atoms with E-state index >= 15 is 0 Å². The molecule has 2 aliphatic rings. The summed E-state index contributed by atoms with van der Waals surface area (Å²) in [6, 6.07) is 5.86. The number of amides is 1. The molecule has 1 N–H and O–H groups in total. The van der Waals surface area contributed by atoms with Gasteiger partial charge in [0.1, 0.15) is 5.75 Å². The van der Waals surface area contributed by atoms with Crippen molar-refractivity contribution in [1.82, 2.24) is 9.80 Å². The summed E-state index contributed by atoms with van der Waals surface area (Å²) in [5.74, 6) is 0.0218. The Labute approximate surface area is 150 Å². The Kier molecular flexibility index (Phi) is 5.16. The fourth-order valence-corrected chi connectivity index (χ4v) is 4.11. The minimum atomic E-state index is -4.69. The lowest BCUT2D eigenvalue weighted by molar-refractivity contribution is -0.274. The number of nitrogens with zero attached hydrogens (tertiary/aromatic N) is 2. The number of alkyl halides is 3. The molecule has 144 valence electrons. The second-order valence-electron chi connectivity index (χ2n) is 7.29. The molecule has 0 spiro atoms. The van der Waals surface area contributed by atoms with Gasteiger partial charge in [-0.05, 0) is 30.0 Å². The molecule has 5 nitrogen and oxygen atoms in total. The fourth-order valence-electron chi connectivity index (χ4n) is 4.11. The maximum atomic E-state index is 12.2. The van der Waals surface area contributed by atoms with E-state index in [-0.39, 0.29) is 29.6 Å². The lowest BCUT2D eigenvalue weighted by atomic mass is 9.73. The molecule has 8 heteroatoms. The maximum absolute atomic E-state index is 12.2. The number of carbonyl (C=O) groups excluding carboxylic acids is 1. The van der Waals surface area contributed by atoms with Crippen molar-refractivity contribution in [2.45, 2.75) is 26.3 Å². The molecule has 2 fully saturated rings. The van der Waals surface area contributed by atoms with Crippen LogP contribution in [0, 0.1) is 11.3 Å². The first-order valence-corrected chi connectivity index (χ1v) is 8.64. The molecule has 0 aromatic heterocycles. The summed E-state index contributed by atoms with van der Waals surface area (Å²) >= 11 is 0. The zero-order valence-corrected chi connectivity index (χ0v) is 14.6. The van der Waals surface area contributed by atoms with Crippen LogP contribution in [0.4, 0.5) is 13.2 Å². The molecule has 0 radical (unpaired) electrons. The van der Waals surface area contributed by atoms with Gasteiger partial charge in [-0.25, -0.2) is 0 Å². The molecule has 1 aromatic carbocycles. The summed E-state index contributed by atoms with van der Waals surface area (Å²) in [6.07, 6.45) is -3.93. The highest BCUT2D eigenvalue weighted by Gasteiger charge is 2.49. The summed E-state index contributed by atoms with van der Waals surface area (Å²) in [6.45, 7) is 5.01. The van der Waals surface area contributed by atoms with Gasteiger partial charge in [-0.15, -0.1) is 13.2 Å². The average molecular weight is 372 g/mol. The molecule has 1 aromatic rings. The molecular weight excluding hydrogens is 349 g/mol. The molecule has 26 heavy (non-hydrogen) atoms. The highest BCUT2D eigenvalue weighted by molar-refractivity contribution is 5.73. The van der Waals surface area contributed by atoms with Gasteiger partial charge in [0.05, 0.1) is 6.61 Å². The van der Waals surface area contributed by atoms with E-state index in [1.54, 1.807) is 19.1 Å². The molecule has 2 aliphatic heterocycles. The first kappa shape index (κ1) is 19.0. The summed E-state index contributed by atoms with van der Waals surface area (Å²) < 4.78 is 40.6. The number of halogens is 3. The zero-order valence-electron chi connectivity index (χ0n) is 14.6. The molecule has 1 amide bonds. The lowest BCUT2D eigenvalue weighted by Gasteiger charge is -2.42. The molecule has 2 saturated heterocycles. The van der Waals surface area contributed by atoms with E-state index in [9.17, 15) is 23.1 Å². The number of fused-ring (bicyclic) bond motifs is 1. The Morgan fingerprint density at radius 3 is 2.58 bits per heavy atom. The van der Waals surface area contributed by atoms with Crippen molar-refractivity contribution in [1.29, 1.82) is 0 Å². The highest BCUT2D eigenvalue weighted by Crippen LogP contribution is 2.43. The predicted octanol–water partition coefficient (Wildman–Crippen LogP) is 2.25. The van der Waals surface area contributed by atoms with Crippen LogP contribution in [-0.4, -0.2) is 60.0 Å². The SMILES string of the molecule is CC(=O)N1CCC2(CO)CN(Cc3ccc(OC(F)(F)F)cc3)CC2C1. The van der Waals surface area contributed by atoms with E-state index in [0.29, 0.717) is 19.6 Å². The number of hydrogen-bond acceptors (Lipinski definition) is 4. The molecular formula is C18H23F3N2O3. The minimum Gasteiger partial charge on any atom is -0.406 e. The average Bonchev–Trinajstić information content (AvgIpc) is 2.92. The van der Waals surface area contributed by atoms with Gasteiger partial charge in [0.15, 0.2) is 0 Å². The molecule has 0 aliphatic carbocycles. The smallest absolute Gasteiger partial charge is 0.406 e. The summed E-state index contributed by atoms with van der Waals surface area (Å²) in [5, 5.41) is 9.95.